The van der Waals surface area contributed by atoms with Crippen molar-refractivity contribution in [2.45, 2.75) is 62.8 Å². The molecule has 1 aromatic carbocycles. The third-order valence-corrected chi connectivity index (χ3v) is 7.20. The molecule has 0 saturated heterocycles. The van der Waals surface area contributed by atoms with Gasteiger partial charge in [-0.25, -0.2) is 13.2 Å². The zero-order valence-electron chi connectivity index (χ0n) is 15.9. The van der Waals surface area contributed by atoms with Crippen LogP contribution in [0.15, 0.2) is 29.2 Å². The highest BCUT2D eigenvalue weighted by Crippen LogP contribution is 2.28. The minimum Gasteiger partial charge on any atom is -0.480 e. The van der Waals surface area contributed by atoms with Crippen molar-refractivity contribution < 1.29 is 23.1 Å². The summed E-state index contributed by atoms with van der Waals surface area (Å²) >= 11 is 0. The Morgan fingerprint density at radius 3 is 2.22 bits per heavy atom. The van der Waals surface area contributed by atoms with Crippen molar-refractivity contribution in [2.75, 3.05) is 13.1 Å². The highest BCUT2D eigenvalue weighted by Gasteiger charge is 2.40. The van der Waals surface area contributed by atoms with Gasteiger partial charge in [0.25, 0.3) is 5.91 Å². The topological polar surface area (TPSA) is 104 Å². The van der Waals surface area contributed by atoms with Crippen molar-refractivity contribution in [3.05, 3.63) is 29.8 Å². The molecule has 1 aliphatic carbocycles. The molecular weight excluding hydrogens is 368 g/mol. The number of amides is 1. The summed E-state index contributed by atoms with van der Waals surface area (Å²) in [6.07, 6.45) is 4.13. The van der Waals surface area contributed by atoms with Gasteiger partial charge in [-0.1, -0.05) is 45.6 Å². The molecule has 1 saturated carbocycles. The average Bonchev–Trinajstić information content (AvgIpc) is 2.89. The monoisotopic (exact) mass is 396 g/mol. The molecule has 2 rings (SSSR count). The van der Waals surface area contributed by atoms with Crippen LogP contribution >= 0.6 is 0 Å². The van der Waals surface area contributed by atoms with E-state index >= 15 is 0 Å². The van der Waals surface area contributed by atoms with Gasteiger partial charge >= 0.3 is 5.97 Å². The maximum Gasteiger partial charge on any atom is 0.329 e. The predicted octanol–water partition coefficient (Wildman–Crippen LogP) is 2.62. The van der Waals surface area contributed by atoms with E-state index in [0.29, 0.717) is 25.9 Å². The zero-order chi connectivity index (χ0) is 20.1. The number of carboxylic acid groups (broad SMARTS) is 1. The van der Waals surface area contributed by atoms with Crippen LogP contribution in [0.2, 0.25) is 0 Å². The lowest BCUT2D eigenvalue weighted by atomic mass is 9.90. The number of benzene rings is 1. The van der Waals surface area contributed by atoms with Gasteiger partial charge in [0.05, 0.1) is 4.90 Å². The number of hydrogen-bond donors (Lipinski definition) is 2. The molecule has 8 heteroatoms. The largest absolute Gasteiger partial charge is 0.480 e. The van der Waals surface area contributed by atoms with Gasteiger partial charge in [0, 0.05) is 18.7 Å². The number of nitrogens with zero attached hydrogens (tertiary/aromatic N) is 1. The van der Waals surface area contributed by atoms with E-state index in [2.05, 4.69) is 5.32 Å². The van der Waals surface area contributed by atoms with Gasteiger partial charge in [-0.2, -0.15) is 4.31 Å². The zero-order valence-corrected chi connectivity index (χ0v) is 16.7. The number of sulfonamides is 1. The molecule has 0 bridgehead atoms. The van der Waals surface area contributed by atoms with Crippen LogP contribution in [0.5, 0.6) is 0 Å². The second-order valence-electron chi connectivity index (χ2n) is 6.87. The first-order valence-corrected chi connectivity index (χ1v) is 10.9. The van der Waals surface area contributed by atoms with E-state index < -0.39 is 27.4 Å². The Morgan fingerprint density at radius 2 is 1.70 bits per heavy atom. The van der Waals surface area contributed by atoms with Crippen LogP contribution in [-0.4, -0.2) is 48.3 Å². The summed E-state index contributed by atoms with van der Waals surface area (Å²) < 4.78 is 26.7. The lowest BCUT2D eigenvalue weighted by molar-refractivity contribution is -0.145. The van der Waals surface area contributed by atoms with Gasteiger partial charge in [-0.05, 0) is 31.0 Å². The quantitative estimate of drug-likeness (QED) is 0.690. The van der Waals surface area contributed by atoms with Gasteiger partial charge < -0.3 is 10.4 Å². The fraction of sp³-hybridized carbons (Fsp3) is 0.579. The molecule has 0 radical (unpaired) electrons. The highest BCUT2D eigenvalue weighted by atomic mass is 32.2. The van der Waals surface area contributed by atoms with E-state index in [0.717, 1.165) is 25.7 Å². The van der Waals surface area contributed by atoms with Crippen molar-refractivity contribution in [3.8, 4) is 0 Å². The van der Waals surface area contributed by atoms with E-state index in [-0.39, 0.29) is 10.5 Å². The lowest BCUT2D eigenvalue weighted by Crippen LogP contribution is -2.54. The van der Waals surface area contributed by atoms with Crippen LogP contribution in [0, 0.1) is 0 Å². The number of hydrogen-bond acceptors (Lipinski definition) is 4. The minimum atomic E-state index is -3.69. The molecule has 2 N–H and O–H groups in total. The fourth-order valence-electron chi connectivity index (χ4n) is 3.52. The molecule has 7 nitrogen and oxygen atoms in total. The number of carboxylic acids is 1. The second-order valence-corrected chi connectivity index (χ2v) is 8.81. The number of rotatable bonds is 7. The smallest absolute Gasteiger partial charge is 0.329 e. The first-order valence-electron chi connectivity index (χ1n) is 9.43. The standard InChI is InChI=1S/C19H28N2O5S/c1-3-21(4-2)27(25,26)16-11-9-10-15(14-16)17(22)20-19(18(23)24)12-7-5-6-8-13-19/h9-11,14H,3-8,12-13H2,1-2H3,(H,20,22)(H,23,24). The molecule has 1 aliphatic rings. The summed E-state index contributed by atoms with van der Waals surface area (Å²) in [5.74, 6) is -1.60. The summed E-state index contributed by atoms with van der Waals surface area (Å²) in [6, 6.07) is 5.77. The normalized spacial score (nSPS) is 17.3. The van der Waals surface area contributed by atoms with Gasteiger partial charge in [0.1, 0.15) is 5.54 Å². The van der Waals surface area contributed by atoms with Crippen molar-refractivity contribution in [1.82, 2.24) is 9.62 Å². The molecule has 27 heavy (non-hydrogen) atoms. The van der Waals surface area contributed by atoms with Gasteiger partial charge in [-0.3, -0.25) is 4.79 Å². The number of carbonyl (C=O) groups excluding carboxylic acids is 1. The van der Waals surface area contributed by atoms with E-state index in [1.54, 1.807) is 13.8 Å². The number of nitrogens with one attached hydrogen (secondary N) is 1. The molecule has 1 amide bonds. The second kappa shape index (κ2) is 8.84. The highest BCUT2D eigenvalue weighted by molar-refractivity contribution is 7.89. The molecule has 0 unspecified atom stereocenters. The average molecular weight is 397 g/mol. The third-order valence-electron chi connectivity index (χ3n) is 5.16. The van der Waals surface area contributed by atoms with Crippen molar-refractivity contribution >= 4 is 21.9 Å². The van der Waals surface area contributed by atoms with Crippen molar-refractivity contribution in [3.63, 3.8) is 0 Å². The Kier molecular flexibility index (Phi) is 7.00. The van der Waals surface area contributed by atoms with E-state index in [9.17, 15) is 23.1 Å². The van der Waals surface area contributed by atoms with Crippen LogP contribution in [0.3, 0.4) is 0 Å². The van der Waals surface area contributed by atoms with Crippen LogP contribution in [0.25, 0.3) is 0 Å². The van der Waals surface area contributed by atoms with Crippen molar-refractivity contribution in [1.29, 1.82) is 0 Å². The van der Waals surface area contributed by atoms with Crippen molar-refractivity contribution in [2.24, 2.45) is 0 Å². The van der Waals surface area contributed by atoms with E-state index in [1.807, 2.05) is 0 Å². The van der Waals surface area contributed by atoms with Gasteiger partial charge in [0.2, 0.25) is 10.0 Å². The van der Waals surface area contributed by atoms with Gasteiger partial charge in [-0.15, -0.1) is 0 Å². The molecule has 0 aliphatic heterocycles. The number of aliphatic carboxylic acids is 1. The summed E-state index contributed by atoms with van der Waals surface area (Å²) in [5.41, 5.74) is -1.14. The summed E-state index contributed by atoms with van der Waals surface area (Å²) in [4.78, 5) is 24.6. The SMILES string of the molecule is CCN(CC)S(=O)(=O)c1cccc(C(=O)NC2(C(=O)O)CCCCCC2)c1. The maximum absolute atomic E-state index is 12.7. The summed E-state index contributed by atoms with van der Waals surface area (Å²) in [5, 5.41) is 12.4. The van der Waals surface area contributed by atoms with Gasteiger partial charge in [0.15, 0.2) is 0 Å². The Bertz CT molecular complexity index is 779. The lowest BCUT2D eigenvalue weighted by Gasteiger charge is -2.29. The predicted molar refractivity (Wildman–Crippen MR) is 102 cm³/mol. The molecular formula is C19H28N2O5S. The Hall–Kier alpha value is -1.93. The molecule has 150 valence electrons. The molecule has 0 atom stereocenters. The molecule has 0 aromatic heterocycles. The van der Waals surface area contributed by atoms with Crippen LogP contribution in [0.4, 0.5) is 0 Å². The summed E-state index contributed by atoms with van der Waals surface area (Å²) in [7, 11) is -3.69. The fourth-order valence-corrected chi connectivity index (χ4v) is 5.03. The van der Waals surface area contributed by atoms with E-state index in [4.69, 9.17) is 0 Å². The van der Waals surface area contributed by atoms with Crippen LogP contribution in [0.1, 0.15) is 62.7 Å². The Morgan fingerprint density at radius 1 is 1.11 bits per heavy atom. The molecule has 0 heterocycles. The first kappa shape index (κ1) is 21.4. The van der Waals surface area contributed by atoms with Crippen LogP contribution in [-0.2, 0) is 14.8 Å². The minimum absolute atomic E-state index is 0.0316. The Balaban J connectivity index is 2.30. The van der Waals surface area contributed by atoms with Crippen LogP contribution < -0.4 is 5.32 Å². The Labute approximate surface area is 160 Å². The third kappa shape index (κ3) is 4.68. The van der Waals surface area contributed by atoms with E-state index in [1.165, 1.54) is 28.6 Å². The molecule has 0 spiro atoms. The molecule has 1 fully saturated rings. The summed E-state index contributed by atoms with van der Waals surface area (Å²) in [6.45, 7) is 4.16. The maximum atomic E-state index is 12.7. The molecule has 1 aromatic rings. The first-order chi connectivity index (χ1) is 12.8. The number of carbonyl (C=O) groups is 2.